The van der Waals surface area contributed by atoms with Gasteiger partial charge in [0.05, 0.1) is 10.9 Å². The monoisotopic (exact) mass is 352 g/mol. The normalized spacial score (nSPS) is 12.1. The maximum atomic E-state index is 12.7. The summed E-state index contributed by atoms with van der Waals surface area (Å²) in [6.07, 6.45) is 0.962. The van der Waals surface area contributed by atoms with Crippen LogP contribution in [0.4, 0.5) is 0 Å². The van der Waals surface area contributed by atoms with Gasteiger partial charge in [-0.05, 0) is 48.4 Å². The molecule has 1 heterocycles. The van der Waals surface area contributed by atoms with Gasteiger partial charge in [0.25, 0.3) is 0 Å². The minimum absolute atomic E-state index is 0.0751. The molecule has 0 N–H and O–H groups in total. The Morgan fingerprint density at radius 1 is 1.12 bits per heavy atom. The van der Waals surface area contributed by atoms with Gasteiger partial charge in [-0.3, -0.25) is 4.79 Å². The van der Waals surface area contributed by atoms with Crippen LogP contribution in [0.2, 0.25) is 0 Å². The number of nitrogens with zero attached hydrogens (tertiary/aromatic N) is 4. The van der Waals surface area contributed by atoms with Crippen LogP contribution in [0.5, 0.6) is 0 Å². The van der Waals surface area contributed by atoms with Gasteiger partial charge in [-0.2, -0.15) is 4.68 Å². The molecule has 1 aromatic heterocycles. The van der Waals surface area contributed by atoms with E-state index in [1.807, 2.05) is 62.4 Å². The molecule has 0 spiro atoms. The van der Waals surface area contributed by atoms with Crippen molar-refractivity contribution in [2.75, 3.05) is 0 Å². The number of benzene rings is 2. The molecule has 25 heavy (non-hydrogen) atoms. The van der Waals surface area contributed by atoms with Crippen molar-refractivity contribution >= 4 is 17.5 Å². The summed E-state index contributed by atoms with van der Waals surface area (Å²) >= 11 is 1.37. The van der Waals surface area contributed by atoms with E-state index in [9.17, 15) is 4.79 Å². The van der Waals surface area contributed by atoms with Crippen LogP contribution < -0.4 is 0 Å². The van der Waals surface area contributed by atoms with Crippen molar-refractivity contribution in [3.05, 3.63) is 65.2 Å². The lowest BCUT2D eigenvalue weighted by atomic mass is 10.1. The second-order valence-corrected chi connectivity index (χ2v) is 7.19. The molecule has 0 saturated carbocycles. The average molecular weight is 352 g/mol. The van der Waals surface area contributed by atoms with Crippen LogP contribution in [0.3, 0.4) is 0 Å². The summed E-state index contributed by atoms with van der Waals surface area (Å²) in [6, 6.07) is 15.7. The number of hydrogen-bond acceptors (Lipinski definition) is 5. The second kappa shape index (κ2) is 7.61. The molecule has 3 aromatic rings. The van der Waals surface area contributed by atoms with Crippen LogP contribution in [0.15, 0.2) is 53.7 Å². The highest BCUT2D eigenvalue weighted by Crippen LogP contribution is 2.25. The van der Waals surface area contributed by atoms with E-state index in [0.717, 1.165) is 12.1 Å². The zero-order valence-corrected chi connectivity index (χ0v) is 15.3. The van der Waals surface area contributed by atoms with Gasteiger partial charge in [0.2, 0.25) is 5.16 Å². The van der Waals surface area contributed by atoms with E-state index in [0.29, 0.717) is 10.7 Å². The Bertz CT molecular complexity index is 856. The number of hydrogen-bond donors (Lipinski definition) is 0. The van der Waals surface area contributed by atoms with E-state index in [1.165, 1.54) is 22.9 Å². The molecule has 6 heteroatoms. The molecule has 1 atom stereocenters. The van der Waals surface area contributed by atoms with Crippen LogP contribution in [0, 0.1) is 6.92 Å². The molecule has 0 aliphatic heterocycles. The van der Waals surface area contributed by atoms with Crippen molar-refractivity contribution in [3.8, 4) is 5.69 Å². The Morgan fingerprint density at radius 2 is 1.80 bits per heavy atom. The molecule has 0 unspecified atom stereocenters. The Hall–Kier alpha value is -2.47. The molecular formula is C19H20N4OS. The molecule has 2 aromatic carbocycles. The fraction of sp³-hybridized carbons (Fsp3) is 0.263. The van der Waals surface area contributed by atoms with Gasteiger partial charge < -0.3 is 0 Å². The van der Waals surface area contributed by atoms with E-state index in [1.54, 1.807) is 4.68 Å². The largest absolute Gasteiger partial charge is 0.293 e. The zero-order valence-electron chi connectivity index (χ0n) is 14.5. The van der Waals surface area contributed by atoms with Crippen molar-refractivity contribution in [1.29, 1.82) is 0 Å². The number of ketones is 1. The zero-order chi connectivity index (χ0) is 17.8. The summed E-state index contributed by atoms with van der Waals surface area (Å²) in [5, 5.41) is 12.2. The van der Waals surface area contributed by atoms with Gasteiger partial charge >= 0.3 is 0 Å². The quantitative estimate of drug-likeness (QED) is 0.497. The summed E-state index contributed by atoms with van der Waals surface area (Å²) in [5.41, 5.74) is 3.99. The van der Waals surface area contributed by atoms with E-state index in [2.05, 4.69) is 22.4 Å². The number of aromatic nitrogens is 4. The Kier molecular flexibility index (Phi) is 5.28. The standard InChI is InChI=1S/C19H20N4OS/c1-4-15-7-9-16(10-8-15)18(24)14(3)25-19-20-21-22-23(19)17-11-5-13(2)6-12-17/h5-12,14H,4H2,1-3H3/t14-/m1/s1. The maximum absolute atomic E-state index is 12.7. The van der Waals surface area contributed by atoms with E-state index in [4.69, 9.17) is 0 Å². The lowest BCUT2D eigenvalue weighted by Crippen LogP contribution is -2.14. The van der Waals surface area contributed by atoms with E-state index >= 15 is 0 Å². The molecule has 0 radical (unpaired) electrons. The number of carbonyl (C=O) groups is 1. The minimum Gasteiger partial charge on any atom is -0.293 e. The number of tetrazole rings is 1. The van der Waals surface area contributed by atoms with Crippen molar-refractivity contribution in [1.82, 2.24) is 20.2 Å². The predicted octanol–water partition coefficient (Wildman–Crippen LogP) is 3.90. The fourth-order valence-electron chi connectivity index (χ4n) is 2.45. The molecule has 128 valence electrons. The summed E-state index contributed by atoms with van der Waals surface area (Å²) < 4.78 is 1.66. The fourth-order valence-corrected chi connectivity index (χ4v) is 3.34. The highest BCUT2D eigenvalue weighted by Gasteiger charge is 2.20. The summed E-state index contributed by atoms with van der Waals surface area (Å²) in [4.78, 5) is 12.7. The number of thioether (sulfide) groups is 1. The molecule has 0 bridgehead atoms. The molecular weight excluding hydrogens is 332 g/mol. The Labute approximate surface area is 151 Å². The molecule has 3 rings (SSSR count). The third-order valence-electron chi connectivity index (χ3n) is 4.02. The smallest absolute Gasteiger partial charge is 0.214 e. The topological polar surface area (TPSA) is 60.7 Å². The summed E-state index contributed by atoms with van der Waals surface area (Å²) in [6.45, 7) is 6.01. The SMILES string of the molecule is CCc1ccc(C(=O)[C@@H](C)Sc2nnnn2-c2ccc(C)cc2)cc1. The van der Waals surface area contributed by atoms with Crippen LogP contribution in [0.1, 0.15) is 35.3 Å². The van der Waals surface area contributed by atoms with Crippen LogP contribution >= 0.6 is 11.8 Å². The third-order valence-corrected chi connectivity index (χ3v) is 5.05. The number of rotatable bonds is 6. The predicted molar refractivity (Wildman–Crippen MR) is 99.4 cm³/mol. The molecule has 0 fully saturated rings. The highest BCUT2D eigenvalue weighted by molar-refractivity contribution is 8.00. The van der Waals surface area contributed by atoms with Gasteiger partial charge in [-0.25, -0.2) is 0 Å². The number of carbonyl (C=O) groups excluding carboxylic acids is 1. The number of aryl methyl sites for hydroxylation is 2. The van der Waals surface area contributed by atoms with E-state index < -0.39 is 0 Å². The number of Topliss-reactive ketones (excluding diaryl/α,β-unsaturated/α-hetero) is 1. The first-order valence-electron chi connectivity index (χ1n) is 8.23. The van der Waals surface area contributed by atoms with Crippen LogP contribution in [-0.2, 0) is 6.42 Å². The molecule has 0 aliphatic rings. The lowest BCUT2D eigenvalue weighted by molar-refractivity contribution is 0.0994. The van der Waals surface area contributed by atoms with Crippen molar-refractivity contribution in [3.63, 3.8) is 0 Å². The van der Waals surface area contributed by atoms with Gasteiger partial charge in [0.15, 0.2) is 5.78 Å². The van der Waals surface area contributed by atoms with E-state index in [-0.39, 0.29) is 11.0 Å². The van der Waals surface area contributed by atoms with Gasteiger partial charge in [0, 0.05) is 5.56 Å². The van der Waals surface area contributed by atoms with Crippen LogP contribution in [-0.4, -0.2) is 31.2 Å². The highest BCUT2D eigenvalue weighted by atomic mass is 32.2. The third kappa shape index (κ3) is 3.96. The summed E-state index contributed by atoms with van der Waals surface area (Å²) in [7, 11) is 0. The van der Waals surface area contributed by atoms with Crippen molar-refractivity contribution in [2.45, 2.75) is 37.6 Å². The summed E-state index contributed by atoms with van der Waals surface area (Å²) in [5.74, 6) is 0.0751. The van der Waals surface area contributed by atoms with Crippen molar-refractivity contribution < 1.29 is 4.79 Å². The molecule has 0 saturated heterocycles. The van der Waals surface area contributed by atoms with Gasteiger partial charge in [-0.1, -0.05) is 60.6 Å². The maximum Gasteiger partial charge on any atom is 0.214 e. The molecule has 0 amide bonds. The van der Waals surface area contributed by atoms with Crippen LogP contribution in [0.25, 0.3) is 5.69 Å². The van der Waals surface area contributed by atoms with Gasteiger partial charge in [0.1, 0.15) is 0 Å². The average Bonchev–Trinajstić information content (AvgIpc) is 3.10. The first-order valence-corrected chi connectivity index (χ1v) is 9.11. The van der Waals surface area contributed by atoms with Crippen molar-refractivity contribution in [2.24, 2.45) is 0 Å². The Balaban J connectivity index is 1.77. The lowest BCUT2D eigenvalue weighted by Gasteiger charge is -2.10. The molecule has 0 aliphatic carbocycles. The second-order valence-electron chi connectivity index (χ2n) is 5.88. The van der Waals surface area contributed by atoms with Gasteiger partial charge in [-0.15, -0.1) is 5.10 Å². The first-order chi connectivity index (χ1) is 12.1. The Morgan fingerprint density at radius 3 is 2.44 bits per heavy atom. The molecule has 5 nitrogen and oxygen atoms in total. The first kappa shape index (κ1) is 17.4. The minimum atomic E-state index is -0.275.